The monoisotopic (exact) mass is 288 g/mol. The Labute approximate surface area is 126 Å². The Bertz CT molecular complexity index is 567. The Morgan fingerprint density at radius 1 is 1.19 bits per heavy atom. The first-order chi connectivity index (χ1) is 9.81. The second-order valence-corrected chi connectivity index (χ2v) is 7.57. The van der Waals surface area contributed by atoms with Crippen molar-refractivity contribution in [3.8, 4) is 0 Å². The van der Waals surface area contributed by atoms with E-state index >= 15 is 0 Å². The molecule has 0 radical (unpaired) electrons. The summed E-state index contributed by atoms with van der Waals surface area (Å²) in [5.41, 5.74) is 1.35. The molecule has 114 valence electrons. The third-order valence-electron chi connectivity index (χ3n) is 5.89. The predicted molar refractivity (Wildman–Crippen MR) is 80.5 cm³/mol. The summed E-state index contributed by atoms with van der Waals surface area (Å²) in [6, 6.07) is 0. The molecular formula is C18H24O3. The van der Waals surface area contributed by atoms with Crippen molar-refractivity contribution in [2.75, 3.05) is 7.11 Å². The molecule has 0 spiro atoms. The lowest BCUT2D eigenvalue weighted by Gasteiger charge is -2.54. The number of carbonyl (C=O) groups is 2. The van der Waals surface area contributed by atoms with Crippen LogP contribution in [0.25, 0.3) is 0 Å². The van der Waals surface area contributed by atoms with E-state index in [1.807, 2.05) is 0 Å². The quantitative estimate of drug-likeness (QED) is 0.694. The number of hydrogen-bond acceptors (Lipinski definition) is 3. The van der Waals surface area contributed by atoms with E-state index in [9.17, 15) is 9.59 Å². The van der Waals surface area contributed by atoms with Gasteiger partial charge >= 0.3 is 0 Å². The van der Waals surface area contributed by atoms with Gasteiger partial charge in [0, 0.05) is 17.9 Å². The fourth-order valence-corrected chi connectivity index (χ4v) is 5.00. The third-order valence-corrected chi connectivity index (χ3v) is 5.89. The second kappa shape index (κ2) is 4.56. The van der Waals surface area contributed by atoms with Crippen molar-refractivity contribution < 1.29 is 14.3 Å². The minimum Gasteiger partial charge on any atom is -0.493 e. The van der Waals surface area contributed by atoms with Gasteiger partial charge in [0.1, 0.15) is 0 Å². The van der Waals surface area contributed by atoms with Gasteiger partial charge in [0.15, 0.2) is 11.5 Å². The zero-order chi connectivity index (χ0) is 15.4. The van der Waals surface area contributed by atoms with E-state index in [-0.39, 0.29) is 40.0 Å². The van der Waals surface area contributed by atoms with Crippen LogP contribution < -0.4 is 0 Å². The molecule has 3 aliphatic carbocycles. The summed E-state index contributed by atoms with van der Waals surface area (Å²) in [7, 11) is 1.47. The van der Waals surface area contributed by atoms with Crippen molar-refractivity contribution in [3.05, 3.63) is 23.5 Å². The number of Topliss-reactive ketones (excluding diaryl/α,β-unsaturated/α-hetero) is 1. The Morgan fingerprint density at radius 3 is 2.57 bits per heavy atom. The highest BCUT2D eigenvalue weighted by Gasteiger charge is 2.56. The number of fused-ring (bicyclic) bond motifs is 3. The highest BCUT2D eigenvalue weighted by atomic mass is 16.5. The number of ketones is 2. The van der Waals surface area contributed by atoms with Gasteiger partial charge in [0.05, 0.1) is 7.11 Å². The summed E-state index contributed by atoms with van der Waals surface area (Å²) in [6.45, 7) is 6.72. The molecule has 21 heavy (non-hydrogen) atoms. The Morgan fingerprint density at radius 2 is 1.90 bits per heavy atom. The standard InChI is InChI=1S/C18H24O3/c1-17(2)8-5-9-18(3)14(17)7-6-11-15(18)12(19)10-13(21-4)16(11)20/h7,10-11,15H,5-6,8-9H2,1-4H3/t11-,15+,18+/m1/s1. The van der Waals surface area contributed by atoms with Crippen molar-refractivity contribution in [1.29, 1.82) is 0 Å². The van der Waals surface area contributed by atoms with Gasteiger partial charge in [-0.05, 0) is 30.1 Å². The summed E-state index contributed by atoms with van der Waals surface area (Å²) in [6.07, 6.45) is 7.62. The van der Waals surface area contributed by atoms with Crippen molar-refractivity contribution in [3.63, 3.8) is 0 Å². The molecule has 3 atom stereocenters. The SMILES string of the molecule is COC1=CC(=O)[C@@H]2[C@@H](CC=C3C(C)(C)CCC[C@@]32C)C1=O. The molecule has 0 N–H and O–H groups in total. The normalized spacial score (nSPS) is 38.1. The van der Waals surface area contributed by atoms with Crippen LogP contribution in [-0.2, 0) is 14.3 Å². The lowest BCUT2D eigenvalue weighted by molar-refractivity contribution is -0.137. The van der Waals surface area contributed by atoms with Crippen LogP contribution in [0.5, 0.6) is 0 Å². The van der Waals surface area contributed by atoms with Gasteiger partial charge in [-0.15, -0.1) is 0 Å². The van der Waals surface area contributed by atoms with Crippen molar-refractivity contribution in [2.24, 2.45) is 22.7 Å². The lowest BCUT2D eigenvalue weighted by atomic mass is 9.49. The molecule has 0 saturated heterocycles. The van der Waals surface area contributed by atoms with Crippen molar-refractivity contribution in [1.82, 2.24) is 0 Å². The molecule has 1 saturated carbocycles. The van der Waals surface area contributed by atoms with Gasteiger partial charge in [0.25, 0.3) is 0 Å². The smallest absolute Gasteiger partial charge is 0.201 e. The van der Waals surface area contributed by atoms with E-state index < -0.39 is 0 Å². The van der Waals surface area contributed by atoms with E-state index in [4.69, 9.17) is 4.74 Å². The first-order valence-electron chi connectivity index (χ1n) is 7.86. The number of ether oxygens (including phenoxy) is 1. The van der Waals surface area contributed by atoms with Gasteiger partial charge in [-0.2, -0.15) is 0 Å². The molecule has 0 heterocycles. The molecule has 0 aromatic carbocycles. The highest BCUT2D eigenvalue weighted by Crippen LogP contribution is 2.59. The first kappa shape index (κ1) is 14.6. The number of methoxy groups -OCH3 is 1. The van der Waals surface area contributed by atoms with Crippen LogP contribution in [0.1, 0.15) is 46.5 Å². The maximum atomic E-state index is 12.7. The van der Waals surface area contributed by atoms with Gasteiger partial charge in [-0.1, -0.05) is 38.8 Å². The molecule has 0 bridgehead atoms. The van der Waals surface area contributed by atoms with Gasteiger partial charge in [-0.25, -0.2) is 0 Å². The Hall–Kier alpha value is -1.38. The molecule has 3 aliphatic rings. The predicted octanol–water partition coefficient (Wildman–Crippen LogP) is 3.45. The summed E-state index contributed by atoms with van der Waals surface area (Å²) >= 11 is 0. The van der Waals surface area contributed by atoms with E-state index in [0.717, 1.165) is 19.3 Å². The summed E-state index contributed by atoms with van der Waals surface area (Å²) in [5, 5.41) is 0. The molecule has 0 aromatic rings. The topological polar surface area (TPSA) is 43.4 Å². The van der Waals surface area contributed by atoms with Crippen LogP contribution in [0.4, 0.5) is 0 Å². The molecule has 3 rings (SSSR count). The average molecular weight is 288 g/mol. The Balaban J connectivity index is 2.09. The Kier molecular flexibility index (Phi) is 3.16. The largest absolute Gasteiger partial charge is 0.493 e. The maximum absolute atomic E-state index is 12.7. The summed E-state index contributed by atoms with van der Waals surface area (Å²) in [4.78, 5) is 25.2. The fourth-order valence-electron chi connectivity index (χ4n) is 5.00. The van der Waals surface area contributed by atoms with Crippen LogP contribution >= 0.6 is 0 Å². The van der Waals surface area contributed by atoms with E-state index in [0.29, 0.717) is 6.42 Å². The number of rotatable bonds is 1. The minimum atomic E-state index is -0.236. The molecular weight excluding hydrogens is 264 g/mol. The fraction of sp³-hybridized carbons (Fsp3) is 0.667. The summed E-state index contributed by atoms with van der Waals surface area (Å²) < 4.78 is 5.10. The minimum absolute atomic E-state index is 0.00186. The van der Waals surface area contributed by atoms with Crippen LogP contribution in [0, 0.1) is 22.7 Å². The van der Waals surface area contributed by atoms with Crippen LogP contribution in [-0.4, -0.2) is 18.7 Å². The van der Waals surface area contributed by atoms with E-state index in [1.165, 1.54) is 18.8 Å². The number of carbonyl (C=O) groups excluding carboxylic acids is 2. The summed E-state index contributed by atoms with van der Waals surface area (Å²) in [5.74, 6) is -0.135. The third kappa shape index (κ3) is 1.93. The zero-order valence-electron chi connectivity index (χ0n) is 13.4. The van der Waals surface area contributed by atoms with Gasteiger partial charge < -0.3 is 4.74 Å². The second-order valence-electron chi connectivity index (χ2n) is 7.57. The molecule has 0 amide bonds. The van der Waals surface area contributed by atoms with Crippen molar-refractivity contribution >= 4 is 11.6 Å². The van der Waals surface area contributed by atoms with Gasteiger partial charge in [-0.3, -0.25) is 9.59 Å². The molecule has 0 aliphatic heterocycles. The first-order valence-corrected chi connectivity index (χ1v) is 7.86. The molecule has 0 aromatic heterocycles. The number of hydrogen-bond donors (Lipinski definition) is 0. The van der Waals surface area contributed by atoms with Crippen molar-refractivity contribution in [2.45, 2.75) is 46.5 Å². The molecule has 3 nitrogen and oxygen atoms in total. The van der Waals surface area contributed by atoms with E-state index in [2.05, 4.69) is 26.8 Å². The average Bonchev–Trinajstić information content (AvgIpc) is 2.40. The maximum Gasteiger partial charge on any atom is 0.201 e. The molecule has 1 fully saturated rings. The molecule has 0 unspecified atom stereocenters. The molecule has 3 heteroatoms. The zero-order valence-corrected chi connectivity index (χ0v) is 13.4. The van der Waals surface area contributed by atoms with Crippen LogP contribution in [0.15, 0.2) is 23.5 Å². The van der Waals surface area contributed by atoms with Crippen LogP contribution in [0.2, 0.25) is 0 Å². The van der Waals surface area contributed by atoms with Gasteiger partial charge in [0.2, 0.25) is 5.78 Å². The number of allylic oxidation sites excluding steroid dienone is 4. The van der Waals surface area contributed by atoms with E-state index in [1.54, 1.807) is 0 Å². The highest BCUT2D eigenvalue weighted by molar-refractivity contribution is 6.10. The van der Waals surface area contributed by atoms with Crippen LogP contribution in [0.3, 0.4) is 0 Å². The lowest BCUT2D eigenvalue weighted by Crippen LogP contribution is -2.51.